The number of hydrogen-bond acceptors (Lipinski definition) is 2. The van der Waals surface area contributed by atoms with E-state index in [1.165, 1.54) is 25.7 Å². The molecule has 1 aliphatic rings. The topological polar surface area (TPSA) is 40.5 Å². The van der Waals surface area contributed by atoms with Gasteiger partial charge in [-0.15, -0.1) is 0 Å². The first-order valence-electron chi connectivity index (χ1n) is 6.46. The molecule has 1 saturated carbocycles. The van der Waals surface area contributed by atoms with E-state index in [0.29, 0.717) is 20.0 Å². The molecule has 2 nitrogen and oxygen atoms in total. The van der Waals surface area contributed by atoms with Gasteiger partial charge in [-0.25, -0.2) is 0 Å². The number of hydrogen-bond donors (Lipinski definition) is 2. The Bertz CT molecular complexity index is 574. The predicted molar refractivity (Wildman–Crippen MR) is 77.5 cm³/mol. The lowest BCUT2D eigenvalue weighted by atomic mass is 10.1. The minimum absolute atomic E-state index is 0.281. The van der Waals surface area contributed by atoms with Gasteiger partial charge in [-0.05, 0) is 24.6 Å². The molecule has 2 aromatic carbocycles. The van der Waals surface area contributed by atoms with Crippen LogP contribution in [0.25, 0.3) is 10.8 Å². The van der Waals surface area contributed by atoms with E-state index in [2.05, 4.69) is 0 Å². The molecule has 0 amide bonds. The fourth-order valence-corrected chi connectivity index (χ4v) is 4.37. The van der Waals surface area contributed by atoms with Crippen molar-refractivity contribution in [2.45, 2.75) is 31.3 Å². The van der Waals surface area contributed by atoms with Crippen LogP contribution in [0.15, 0.2) is 30.3 Å². The molecule has 3 rings (SSSR count). The highest BCUT2D eigenvalue weighted by atomic mass is 31.1. The minimum atomic E-state index is 0.281. The van der Waals surface area contributed by atoms with Crippen molar-refractivity contribution >= 4 is 24.7 Å². The van der Waals surface area contributed by atoms with Crippen LogP contribution in [-0.4, -0.2) is 15.9 Å². The van der Waals surface area contributed by atoms with E-state index in [1.54, 1.807) is 6.07 Å². The average molecular weight is 260 g/mol. The largest absolute Gasteiger partial charge is 0.507 e. The van der Waals surface area contributed by atoms with Crippen molar-refractivity contribution in [3.63, 3.8) is 0 Å². The summed E-state index contributed by atoms with van der Waals surface area (Å²) in [4.78, 5) is 0. The molecule has 2 aromatic rings. The molecular weight excluding hydrogens is 243 g/mol. The average Bonchev–Trinajstić information content (AvgIpc) is 2.89. The van der Waals surface area contributed by atoms with E-state index in [9.17, 15) is 10.2 Å². The summed E-state index contributed by atoms with van der Waals surface area (Å²) in [7, 11) is 0.607. The number of fused-ring (bicyclic) bond motifs is 1. The van der Waals surface area contributed by atoms with Crippen molar-refractivity contribution in [3.05, 3.63) is 30.3 Å². The fraction of sp³-hybridized carbons (Fsp3) is 0.333. The summed E-state index contributed by atoms with van der Waals surface area (Å²) in [5, 5.41) is 22.8. The van der Waals surface area contributed by atoms with Crippen molar-refractivity contribution in [1.82, 2.24) is 0 Å². The maximum atomic E-state index is 10.3. The van der Waals surface area contributed by atoms with Crippen molar-refractivity contribution in [3.8, 4) is 11.5 Å². The van der Waals surface area contributed by atoms with Crippen LogP contribution in [0, 0.1) is 0 Å². The molecule has 0 spiro atoms. The van der Waals surface area contributed by atoms with Gasteiger partial charge in [0.05, 0.1) is 0 Å². The molecule has 1 fully saturated rings. The fourth-order valence-electron chi connectivity index (χ4n) is 2.74. The van der Waals surface area contributed by atoms with Gasteiger partial charge in [-0.2, -0.15) is 0 Å². The molecule has 0 aromatic heterocycles. The summed E-state index contributed by atoms with van der Waals surface area (Å²) in [5.41, 5.74) is 0.691. The lowest BCUT2D eigenvalue weighted by Crippen LogP contribution is -2.03. The van der Waals surface area contributed by atoms with E-state index < -0.39 is 0 Å². The van der Waals surface area contributed by atoms with Gasteiger partial charge >= 0.3 is 0 Å². The number of benzene rings is 2. The first-order chi connectivity index (χ1) is 8.75. The van der Waals surface area contributed by atoms with E-state index in [0.717, 1.165) is 16.1 Å². The van der Waals surface area contributed by atoms with E-state index in [4.69, 9.17) is 0 Å². The SMILES string of the molecule is Oc1cc(PC2CCCC2)c(O)c2ccccc12. The zero-order chi connectivity index (χ0) is 12.5. The molecular formula is C15H17O2P. The normalized spacial score (nSPS) is 17.1. The first-order valence-corrected chi connectivity index (χ1v) is 7.53. The molecule has 1 unspecified atom stereocenters. The highest BCUT2D eigenvalue weighted by Crippen LogP contribution is 2.39. The molecule has 1 aliphatic carbocycles. The minimum Gasteiger partial charge on any atom is -0.507 e. The van der Waals surface area contributed by atoms with Crippen molar-refractivity contribution in [1.29, 1.82) is 0 Å². The van der Waals surface area contributed by atoms with E-state index in [-0.39, 0.29) is 5.75 Å². The van der Waals surface area contributed by atoms with Gasteiger partial charge in [0.15, 0.2) is 0 Å². The quantitative estimate of drug-likeness (QED) is 0.641. The zero-order valence-corrected chi connectivity index (χ0v) is 11.2. The molecule has 0 heterocycles. The van der Waals surface area contributed by atoms with Gasteiger partial charge in [-0.3, -0.25) is 0 Å². The van der Waals surface area contributed by atoms with Crippen LogP contribution < -0.4 is 5.30 Å². The predicted octanol–water partition coefficient (Wildman–Crippen LogP) is 3.50. The van der Waals surface area contributed by atoms with Crippen LogP contribution in [0.5, 0.6) is 11.5 Å². The van der Waals surface area contributed by atoms with Crippen molar-refractivity contribution in [2.24, 2.45) is 0 Å². The van der Waals surface area contributed by atoms with Crippen LogP contribution in [-0.2, 0) is 0 Å². The maximum Gasteiger partial charge on any atom is 0.131 e. The van der Waals surface area contributed by atoms with Crippen LogP contribution >= 0.6 is 8.58 Å². The van der Waals surface area contributed by atoms with Crippen LogP contribution in [0.4, 0.5) is 0 Å². The second kappa shape index (κ2) is 4.78. The zero-order valence-electron chi connectivity index (χ0n) is 10.2. The highest BCUT2D eigenvalue weighted by molar-refractivity contribution is 7.48. The number of rotatable bonds is 2. The van der Waals surface area contributed by atoms with Gasteiger partial charge < -0.3 is 10.2 Å². The first kappa shape index (κ1) is 11.8. The summed E-state index contributed by atoms with van der Waals surface area (Å²) < 4.78 is 0. The summed E-state index contributed by atoms with van der Waals surface area (Å²) >= 11 is 0. The van der Waals surface area contributed by atoms with Crippen LogP contribution in [0.3, 0.4) is 0 Å². The molecule has 0 saturated heterocycles. The van der Waals surface area contributed by atoms with E-state index in [1.807, 2.05) is 24.3 Å². The smallest absolute Gasteiger partial charge is 0.131 e. The Kier molecular flexibility index (Phi) is 3.13. The third-order valence-corrected chi connectivity index (χ3v) is 5.39. The standard InChI is InChI=1S/C15H17O2P/c16-13-9-14(18-10-5-1-2-6-10)15(17)12-8-4-3-7-11(12)13/h3-4,7-10,16-18H,1-2,5-6H2. The van der Waals surface area contributed by atoms with Crippen molar-refractivity contribution < 1.29 is 10.2 Å². The molecule has 18 heavy (non-hydrogen) atoms. The second-order valence-corrected chi connectivity index (χ2v) is 6.61. The molecule has 0 aliphatic heterocycles. The highest BCUT2D eigenvalue weighted by Gasteiger charge is 2.18. The second-order valence-electron chi connectivity index (χ2n) is 4.96. The number of aromatic hydroxyl groups is 2. The van der Waals surface area contributed by atoms with Gasteiger partial charge in [0.1, 0.15) is 11.5 Å². The third-order valence-electron chi connectivity index (χ3n) is 3.71. The molecule has 0 radical (unpaired) electrons. The number of phenols is 2. The third kappa shape index (κ3) is 2.06. The Morgan fingerprint density at radius 3 is 2.39 bits per heavy atom. The summed E-state index contributed by atoms with van der Waals surface area (Å²) in [6.07, 6.45) is 5.12. The lowest BCUT2D eigenvalue weighted by Gasteiger charge is -2.13. The lowest BCUT2D eigenvalue weighted by molar-refractivity contribution is 0.473. The van der Waals surface area contributed by atoms with Crippen LogP contribution in [0.1, 0.15) is 25.7 Å². The van der Waals surface area contributed by atoms with Crippen LogP contribution in [0.2, 0.25) is 0 Å². The molecule has 2 N–H and O–H groups in total. The van der Waals surface area contributed by atoms with Gasteiger partial charge in [-0.1, -0.05) is 45.7 Å². The monoisotopic (exact) mass is 260 g/mol. The van der Waals surface area contributed by atoms with Gasteiger partial charge in [0, 0.05) is 16.1 Å². The Morgan fingerprint density at radius 1 is 1.00 bits per heavy atom. The Labute approximate surface area is 108 Å². The molecule has 0 bridgehead atoms. The summed E-state index contributed by atoms with van der Waals surface area (Å²) in [5.74, 6) is 0.637. The number of phenolic OH excluding ortho intramolecular Hbond substituents is 2. The van der Waals surface area contributed by atoms with Crippen molar-refractivity contribution in [2.75, 3.05) is 0 Å². The van der Waals surface area contributed by atoms with Gasteiger partial charge in [0.2, 0.25) is 0 Å². The summed E-state index contributed by atoms with van der Waals surface area (Å²) in [6, 6.07) is 9.22. The van der Waals surface area contributed by atoms with Gasteiger partial charge in [0.25, 0.3) is 0 Å². The Hall–Kier alpha value is -1.27. The Morgan fingerprint density at radius 2 is 1.67 bits per heavy atom. The maximum absolute atomic E-state index is 10.3. The molecule has 3 heteroatoms. The molecule has 1 atom stereocenters. The Balaban J connectivity index is 2.04. The summed E-state index contributed by atoms with van der Waals surface area (Å²) in [6.45, 7) is 0. The van der Waals surface area contributed by atoms with E-state index >= 15 is 0 Å². The molecule has 94 valence electrons.